The first kappa shape index (κ1) is 22.6. The van der Waals surface area contributed by atoms with E-state index in [1.54, 1.807) is 30.3 Å². The Morgan fingerprint density at radius 1 is 1.06 bits per heavy atom. The number of hydrogen-bond acceptors (Lipinski definition) is 7. The number of nitrogens with zero attached hydrogens (tertiary/aromatic N) is 2. The number of phenolic OH excluding ortho intramolecular Hbond substituents is 1. The summed E-state index contributed by atoms with van der Waals surface area (Å²) in [5, 5.41) is 15.4. The van der Waals surface area contributed by atoms with Crippen LogP contribution in [0.5, 0.6) is 11.5 Å². The maximum absolute atomic E-state index is 13.3. The number of sulfonamides is 1. The van der Waals surface area contributed by atoms with Crippen molar-refractivity contribution in [2.24, 2.45) is 10.1 Å². The van der Waals surface area contributed by atoms with Crippen molar-refractivity contribution in [1.82, 2.24) is 0 Å². The minimum atomic E-state index is -3.82. The highest BCUT2D eigenvalue weighted by Gasteiger charge is 2.34. The third-order valence-electron chi connectivity index (χ3n) is 4.71. The Kier molecular flexibility index (Phi) is 6.23. The van der Waals surface area contributed by atoms with Crippen molar-refractivity contribution in [3.63, 3.8) is 0 Å². The number of thioether (sulfide) groups is 1. The van der Waals surface area contributed by atoms with Crippen LogP contribution in [0.3, 0.4) is 0 Å². The maximum Gasteiger partial charge on any atom is 0.271 e. The highest BCUT2D eigenvalue weighted by atomic mass is 32.2. The summed E-state index contributed by atoms with van der Waals surface area (Å²) >= 11 is 1.18. The topological polar surface area (TPSA) is 122 Å². The number of carbonyl (C=O) groups is 1. The molecule has 3 aromatic carbocycles. The molecule has 1 heterocycles. The minimum absolute atomic E-state index is 0.00107. The lowest BCUT2D eigenvalue weighted by Gasteiger charge is -2.15. The Hall–Kier alpha value is -3.60. The van der Waals surface area contributed by atoms with Gasteiger partial charge in [-0.3, -0.25) is 9.69 Å². The lowest BCUT2D eigenvalue weighted by molar-refractivity contribution is -0.113. The molecule has 1 fully saturated rings. The Balaban J connectivity index is 1.75. The number of carbonyl (C=O) groups excluding carboxylic acids is 1. The SMILES string of the molecule is COc1cc(C=C2SC(=Nc3ccc(S(N)(=O)=O)cc3)N(c3ccccc3)C2=O)ccc1O. The quantitative estimate of drug-likeness (QED) is 0.534. The van der Waals surface area contributed by atoms with E-state index in [2.05, 4.69) is 4.99 Å². The number of hydrogen-bond donors (Lipinski definition) is 2. The van der Waals surface area contributed by atoms with E-state index in [9.17, 15) is 18.3 Å². The second-order valence-electron chi connectivity index (χ2n) is 6.95. The lowest BCUT2D eigenvalue weighted by atomic mass is 10.2. The van der Waals surface area contributed by atoms with Crippen LogP contribution in [0.15, 0.2) is 87.6 Å². The summed E-state index contributed by atoms with van der Waals surface area (Å²) in [7, 11) is -2.37. The predicted molar refractivity (Wildman–Crippen MR) is 129 cm³/mol. The molecule has 0 radical (unpaired) electrons. The van der Waals surface area contributed by atoms with Crippen molar-refractivity contribution in [3.8, 4) is 11.5 Å². The van der Waals surface area contributed by atoms with Crippen molar-refractivity contribution in [2.45, 2.75) is 4.90 Å². The summed E-state index contributed by atoms with van der Waals surface area (Å²) in [6, 6.07) is 19.6. The van der Waals surface area contributed by atoms with Crippen LogP contribution in [0, 0.1) is 0 Å². The van der Waals surface area contributed by atoms with Gasteiger partial charge in [0.25, 0.3) is 5.91 Å². The number of primary sulfonamides is 1. The van der Waals surface area contributed by atoms with Gasteiger partial charge < -0.3 is 9.84 Å². The van der Waals surface area contributed by atoms with Gasteiger partial charge in [0.2, 0.25) is 10.0 Å². The van der Waals surface area contributed by atoms with Gasteiger partial charge in [0, 0.05) is 0 Å². The minimum Gasteiger partial charge on any atom is -0.504 e. The zero-order valence-electron chi connectivity index (χ0n) is 17.4. The van der Waals surface area contributed by atoms with Gasteiger partial charge in [-0.2, -0.15) is 0 Å². The van der Waals surface area contributed by atoms with Crippen molar-refractivity contribution in [2.75, 3.05) is 12.0 Å². The number of ether oxygens (including phenoxy) is 1. The molecule has 3 aromatic rings. The highest BCUT2D eigenvalue weighted by molar-refractivity contribution is 8.19. The first-order valence-corrected chi connectivity index (χ1v) is 12.0. The van der Waals surface area contributed by atoms with Gasteiger partial charge in [0.15, 0.2) is 16.7 Å². The molecule has 3 N–H and O–H groups in total. The number of aliphatic imine (C=N–C) groups is 1. The number of phenols is 1. The molecule has 0 aliphatic carbocycles. The Morgan fingerprint density at radius 3 is 2.39 bits per heavy atom. The number of rotatable bonds is 5. The summed E-state index contributed by atoms with van der Waals surface area (Å²) in [6.45, 7) is 0. The predicted octanol–water partition coefficient (Wildman–Crippen LogP) is 3.86. The molecule has 0 unspecified atom stereocenters. The molecule has 0 spiro atoms. The molecule has 1 aliphatic heterocycles. The summed E-state index contributed by atoms with van der Waals surface area (Å²) < 4.78 is 28.2. The fourth-order valence-electron chi connectivity index (χ4n) is 3.11. The molecule has 8 nitrogen and oxygen atoms in total. The number of anilines is 1. The van der Waals surface area contributed by atoms with Crippen LogP contribution in [-0.2, 0) is 14.8 Å². The van der Waals surface area contributed by atoms with Gasteiger partial charge in [-0.25, -0.2) is 18.5 Å². The van der Waals surface area contributed by atoms with Gasteiger partial charge in [0.1, 0.15) is 0 Å². The number of para-hydroxylation sites is 1. The van der Waals surface area contributed by atoms with E-state index in [0.717, 1.165) is 0 Å². The third-order valence-corrected chi connectivity index (χ3v) is 6.61. The molecule has 0 aromatic heterocycles. The van der Waals surface area contributed by atoms with Crippen molar-refractivity contribution >= 4 is 50.3 Å². The van der Waals surface area contributed by atoms with E-state index in [1.807, 2.05) is 18.2 Å². The fraction of sp³-hybridized carbons (Fsp3) is 0.0435. The lowest BCUT2D eigenvalue weighted by Crippen LogP contribution is -2.28. The summed E-state index contributed by atoms with van der Waals surface area (Å²) in [5.74, 6) is 0.0304. The molecule has 1 aliphatic rings. The smallest absolute Gasteiger partial charge is 0.271 e. The van der Waals surface area contributed by atoms with Crippen molar-refractivity contribution in [3.05, 3.63) is 83.3 Å². The van der Waals surface area contributed by atoms with Gasteiger partial charge in [0.05, 0.1) is 28.3 Å². The van der Waals surface area contributed by atoms with Crippen LogP contribution >= 0.6 is 11.8 Å². The summed E-state index contributed by atoms with van der Waals surface area (Å²) in [4.78, 5) is 19.8. The highest BCUT2D eigenvalue weighted by Crippen LogP contribution is 2.38. The van der Waals surface area contributed by atoms with Gasteiger partial charge in [-0.05, 0) is 71.9 Å². The normalized spacial score (nSPS) is 16.5. The number of amides is 1. The number of benzene rings is 3. The van der Waals surface area contributed by atoms with Gasteiger partial charge in [-0.15, -0.1) is 0 Å². The summed E-state index contributed by atoms with van der Waals surface area (Å²) in [6.07, 6.45) is 1.69. The van der Waals surface area contributed by atoms with Gasteiger partial charge in [-0.1, -0.05) is 24.3 Å². The summed E-state index contributed by atoms with van der Waals surface area (Å²) in [5.41, 5.74) is 1.78. The van der Waals surface area contributed by atoms with Crippen LogP contribution < -0.4 is 14.8 Å². The largest absolute Gasteiger partial charge is 0.504 e. The second kappa shape index (κ2) is 9.10. The fourth-order valence-corrected chi connectivity index (χ4v) is 4.63. The van der Waals surface area contributed by atoms with E-state index >= 15 is 0 Å². The van der Waals surface area contributed by atoms with Gasteiger partial charge >= 0.3 is 0 Å². The Morgan fingerprint density at radius 2 is 1.76 bits per heavy atom. The first-order chi connectivity index (χ1) is 15.8. The molecular weight excluding hydrogens is 462 g/mol. The maximum atomic E-state index is 13.3. The zero-order valence-corrected chi connectivity index (χ0v) is 19.0. The van der Waals surface area contributed by atoms with Crippen molar-refractivity contribution < 1.29 is 23.1 Å². The number of nitrogens with two attached hydrogens (primary N) is 1. The molecule has 168 valence electrons. The van der Waals surface area contributed by atoms with E-state index in [4.69, 9.17) is 9.88 Å². The second-order valence-corrected chi connectivity index (χ2v) is 9.52. The van der Waals surface area contributed by atoms with Crippen LogP contribution in [0.2, 0.25) is 0 Å². The molecule has 4 rings (SSSR count). The third kappa shape index (κ3) is 4.92. The molecule has 0 saturated carbocycles. The standard InChI is InChI=1S/C23H19N3O5S2/c1-31-20-13-15(7-12-19(20)27)14-21-22(28)26(17-5-3-2-4-6-17)23(32-21)25-16-8-10-18(11-9-16)33(24,29)30/h2-14,27H,1H3,(H2,24,29,30). The average molecular weight is 482 g/mol. The molecule has 10 heteroatoms. The molecule has 0 bridgehead atoms. The molecule has 0 atom stereocenters. The van der Waals surface area contributed by atoms with Crippen LogP contribution in [0.1, 0.15) is 5.56 Å². The number of methoxy groups -OCH3 is 1. The van der Waals surface area contributed by atoms with E-state index in [1.165, 1.54) is 54.1 Å². The molecule has 1 saturated heterocycles. The van der Waals surface area contributed by atoms with Crippen LogP contribution in [0.25, 0.3) is 6.08 Å². The van der Waals surface area contributed by atoms with E-state index in [0.29, 0.717) is 32.8 Å². The van der Waals surface area contributed by atoms with Crippen LogP contribution in [0.4, 0.5) is 11.4 Å². The number of amidine groups is 1. The number of aromatic hydroxyl groups is 1. The Labute approximate surface area is 195 Å². The molecule has 33 heavy (non-hydrogen) atoms. The molecule has 1 amide bonds. The van der Waals surface area contributed by atoms with Crippen molar-refractivity contribution in [1.29, 1.82) is 0 Å². The van der Waals surface area contributed by atoms with E-state index in [-0.39, 0.29) is 16.6 Å². The average Bonchev–Trinajstić information content (AvgIpc) is 3.09. The first-order valence-electron chi connectivity index (χ1n) is 9.64. The van der Waals surface area contributed by atoms with E-state index < -0.39 is 10.0 Å². The zero-order chi connectivity index (χ0) is 23.6. The molecular formula is C23H19N3O5S2. The monoisotopic (exact) mass is 481 g/mol. The Bertz CT molecular complexity index is 1370. The van der Waals surface area contributed by atoms with Crippen LogP contribution in [-0.4, -0.2) is 31.7 Å².